The molecule has 0 radical (unpaired) electrons. The van der Waals surface area contributed by atoms with Crippen molar-refractivity contribution in [3.05, 3.63) is 88.6 Å². The zero-order valence-corrected chi connectivity index (χ0v) is 14.5. The Morgan fingerprint density at radius 2 is 1.68 bits per heavy atom. The number of hydrogen-bond acceptors (Lipinski definition) is 4. The molecule has 1 heterocycles. The summed E-state index contributed by atoms with van der Waals surface area (Å²) in [6, 6.07) is 20.6. The maximum Gasteiger partial charge on any atom is 0.309 e. The minimum absolute atomic E-state index is 0.414. The predicted octanol–water partition coefficient (Wildman–Crippen LogP) is 4.11. The van der Waals surface area contributed by atoms with Crippen molar-refractivity contribution < 1.29 is 9.90 Å². The summed E-state index contributed by atoms with van der Waals surface area (Å²) in [4.78, 5) is 12.1. The first-order valence-electron chi connectivity index (χ1n) is 8.04. The molecule has 0 aliphatic carbocycles. The van der Waals surface area contributed by atoms with Crippen LogP contribution in [0.25, 0.3) is 0 Å². The molecule has 4 nitrogen and oxygen atoms in total. The lowest BCUT2D eigenvalue weighted by atomic mass is 9.88. The summed E-state index contributed by atoms with van der Waals surface area (Å²) in [5.41, 5.74) is 2.69. The monoisotopic (exact) mass is 352 g/mol. The smallest absolute Gasteiger partial charge is 0.309 e. The maximum atomic E-state index is 12.1. The lowest BCUT2D eigenvalue weighted by Crippen LogP contribution is -2.42. The van der Waals surface area contributed by atoms with Gasteiger partial charge in [-0.1, -0.05) is 48.5 Å². The number of hydrazine groups is 1. The van der Waals surface area contributed by atoms with Crippen LogP contribution >= 0.6 is 11.3 Å². The van der Waals surface area contributed by atoms with Crippen LogP contribution in [0.3, 0.4) is 0 Å². The number of nitrogens with zero attached hydrogens (tertiary/aromatic N) is 1. The van der Waals surface area contributed by atoms with Gasteiger partial charge in [0.2, 0.25) is 0 Å². The van der Waals surface area contributed by atoms with Gasteiger partial charge in [0, 0.05) is 0 Å². The lowest BCUT2D eigenvalue weighted by molar-refractivity contribution is -0.142. The van der Waals surface area contributed by atoms with Gasteiger partial charge in [-0.3, -0.25) is 4.79 Å². The van der Waals surface area contributed by atoms with E-state index in [9.17, 15) is 9.90 Å². The molecule has 0 saturated heterocycles. The molecule has 0 aliphatic rings. The van der Waals surface area contributed by atoms with E-state index in [1.54, 1.807) is 16.3 Å². The summed E-state index contributed by atoms with van der Waals surface area (Å²) in [7, 11) is 0. The fraction of sp³-hybridized carbons (Fsp3) is 0.150. The van der Waals surface area contributed by atoms with Crippen LogP contribution in [0.15, 0.2) is 77.5 Å². The first kappa shape index (κ1) is 17.2. The highest BCUT2D eigenvalue weighted by Crippen LogP contribution is 2.34. The van der Waals surface area contributed by atoms with Crippen molar-refractivity contribution in [2.45, 2.75) is 12.5 Å². The van der Waals surface area contributed by atoms with Crippen LogP contribution in [0.4, 0.5) is 5.69 Å². The van der Waals surface area contributed by atoms with E-state index in [1.165, 1.54) is 0 Å². The second-order valence-corrected chi connectivity index (χ2v) is 6.66. The molecule has 1 aromatic heterocycles. The predicted molar refractivity (Wildman–Crippen MR) is 101 cm³/mol. The van der Waals surface area contributed by atoms with Crippen LogP contribution in [-0.2, 0) is 11.2 Å². The van der Waals surface area contributed by atoms with Gasteiger partial charge in [-0.15, -0.1) is 0 Å². The molecule has 0 bridgehead atoms. The summed E-state index contributed by atoms with van der Waals surface area (Å²) in [5, 5.41) is 15.4. The van der Waals surface area contributed by atoms with Crippen LogP contribution in [0, 0.1) is 5.92 Å². The molecule has 3 rings (SSSR count). The van der Waals surface area contributed by atoms with E-state index in [1.807, 2.05) is 77.5 Å². The van der Waals surface area contributed by atoms with Gasteiger partial charge in [0.25, 0.3) is 0 Å². The summed E-state index contributed by atoms with van der Waals surface area (Å²) in [6.45, 7) is 0. The molecular formula is C20H20N2O2S. The van der Waals surface area contributed by atoms with E-state index in [-0.39, 0.29) is 0 Å². The molecule has 25 heavy (non-hydrogen) atoms. The van der Waals surface area contributed by atoms with Gasteiger partial charge in [0.15, 0.2) is 0 Å². The fourth-order valence-electron chi connectivity index (χ4n) is 2.99. The third-order valence-corrected chi connectivity index (χ3v) is 4.94. The number of hydrogen-bond donors (Lipinski definition) is 2. The standard InChI is InChI=1S/C20H20N2O2S/c21-22(17-9-5-2-6-10-17)19(16-11-12-25-14-16)18(20(23)24)13-15-7-3-1-4-8-15/h1-12,14,18-19H,13,21H2,(H,23,24). The Kier molecular flexibility index (Phi) is 5.48. The number of benzene rings is 2. The van der Waals surface area contributed by atoms with Gasteiger partial charge in [-0.2, -0.15) is 11.3 Å². The number of para-hydroxylation sites is 1. The zero-order valence-electron chi connectivity index (χ0n) is 13.7. The Bertz CT molecular complexity index is 791. The lowest BCUT2D eigenvalue weighted by Gasteiger charge is -2.33. The molecule has 2 unspecified atom stereocenters. The summed E-state index contributed by atoms with van der Waals surface area (Å²) >= 11 is 1.54. The van der Waals surface area contributed by atoms with Crippen molar-refractivity contribution in [3.63, 3.8) is 0 Å². The first-order valence-corrected chi connectivity index (χ1v) is 8.99. The number of carbonyl (C=O) groups is 1. The molecule has 5 heteroatoms. The average molecular weight is 352 g/mol. The number of anilines is 1. The van der Waals surface area contributed by atoms with Crippen molar-refractivity contribution in [3.8, 4) is 0 Å². The quantitative estimate of drug-likeness (QED) is 0.496. The Morgan fingerprint density at radius 3 is 2.24 bits per heavy atom. The highest BCUT2D eigenvalue weighted by Gasteiger charge is 2.34. The zero-order chi connectivity index (χ0) is 17.6. The second kappa shape index (κ2) is 7.96. The van der Waals surface area contributed by atoms with Crippen LogP contribution < -0.4 is 10.9 Å². The first-order chi connectivity index (χ1) is 12.2. The van der Waals surface area contributed by atoms with E-state index >= 15 is 0 Å². The molecule has 0 aliphatic heterocycles. The van der Waals surface area contributed by atoms with Gasteiger partial charge in [0.1, 0.15) is 0 Å². The SMILES string of the molecule is NN(c1ccccc1)C(c1ccsc1)C(Cc1ccccc1)C(=O)O. The summed E-state index contributed by atoms with van der Waals surface area (Å²) in [6.07, 6.45) is 0.414. The third-order valence-electron chi connectivity index (χ3n) is 4.24. The average Bonchev–Trinajstić information content (AvgIpc) is 3.17. The van der Waals surface area contributed by atoms with Crippen molar-refractivity contribution in [2.24, 2.45) is 11.8 Å². The Labute approximate surface area is 151 Å². The Hall–Kier alpha value is -2.63. The van der Waals surface area contributed by atoms with E-state index < -0.39 is 17.9 Å². The van der Waals surface area contributed by atoms with Gasteiger partial charge >= 0.3 is 5.97 Å². The molecule has 0 saturated carbocycles. The number of aliphatic carboxylic acids is 1. The topological polar surface area (TPSA) is 66.6 Å². The minimum Gasteiger partial charge on any atom is -0.481 e. The number of nitrogens with two attached hydrogens (primary N) is 1. The van der Waals surface area contributed by atoms with Crippen LogP contribution in [-0.4, -0.2) is 11.1 Å². The molecule has 3 N–H and O–H groups in total. The summed E-state index contributed by atoms with van der Waals surface area (Å²) in [5.74, 6) is 4.88. The minimum atomic E-state index is -0.855. The molecule has 3 aromatic rings. The van der Waals surface area contributed by atoms with Gasteiger partial charge in [-0.25, -0.2) is 5.84 Å². The highest BCUT2D eigenvalue weighted by atomic mass is 32.1. The van der Waals surface area contributed by atoms with E-state index in [4.69, 9.17) is 5.84 Å². The van der Waals surface area contributed by atoms with Gasteiger partial charge in [-0.05, 0) is 46.5 Å². The normalized spacial score (nSPS) is 13.2. The van der Waals surface area contributed by atoms with Crippen molar-refractivity contribution in [1.29, 1.82) is 0 Å². The van der Waals surface area contributed by atoms with Gasteiger partial charge < -0.3 is 10.1 Å². The van der Waals surface area contributed by atoms with Crippen molar-refractivity contribution >= 4 is 23.0 Å². The van der Waals surface area contributed by atoms with E-state index in [0.717, 1.165) is 16.8 Å². The largest absolute Gasteiger partial charge is 0.481 e. The second-order valence-electron chi connectivity index (χ2n) is 5.88. The Balaban J connectivity index is 1.98. The van der Waals surface area contributed by atoms with Crippen molar-refractivity contribution in [1.82, 2.24) is 0 Å². The summed E-state index contributed by atoms with van der Waals surface area (Å²) < 4.78 is 0. The van der Waals surface area contributed by atoms with E-state index in [0.29, 0.717) is 6.42 Å². The van der Waals surface area contributed by atoms with Crippen molar-refractivity contribution in [2.75, 3.05) is 5.01 Å². The number of thiophene rings is 1. The fourth-order valence-corrected chi connectivity index (χ4v) is 3.68. The van der Waals surface area contributed by atoms with Crippen LogP contribution in [0.5, 0.6) is 0 Å². The third kappa shape index (κ3) is 4.07. The molecule has 0 fully saturated rings. The highest BCUT2D eigenvalue weighted by molar-refractivity contribution is 7.08. The van der Waals surface area contributed by atoms with E-state index in [2.05, 4.69) is 0 Å². The van der Waals surface area contributed by atoms with Gasteiger partial charge in [0.05, 0.1) is 17.6 Å². The van der Waals surface area contributed by atoms with Crippen LogP contribution in [0.2, 0.25) is 0 Å². The number of carboxylic acid groups (broad SMARTS) is 1. The van der Waals surface area contributed by atoms with Crippen LogP contribution in [0.1, 0.15) is 17.2 Å². The maximum absolute atomic E-state index is 12.1. The molecule has 0 spiro atoms. The molecule has 2 aromatic carbocycles. The Morgan fingerprint density at radius 1 is 1.04 bits per heavy atom. The number of rotatable bonds is 7. The molecular weight excluding hydrogens is 332 g/mol. The number of carboxylic acids is 1. The molecule has 0 amide bonds. The molecule has 128 valence electrons. The molecule has 2 atom stereocenters.